The van der Waals surface area contributed by atoms with Gasteiger partial charge in [0.15, 0.2) is 0 Å². The number of rotatable bonds is 3. The summed E-state index contributed by atoms with van der Waals surface area (Å²) < 4.78 is 0.117. The van der Waals surface area contributed by atoms with E-state index in [0.717, 1.165) is 24.4 Å². The molecular weight excluding hydrogens is 258 g/mol. The summed E-state index contributed by atoms with van der Waals surface area (Å²) in [7, 11) is 0. The first-order valence-corrected chi connectivity index (χ1v) is 7.61. The van der Waals surface area contributed by atoms with Crippen molar-refractivity contribution in [1.82, 2.24) is 4.90 Å². The standard InChI is InChI=1S/C15H21NO2S/c1-15(2)11-16(8-9-19-15)14(18)10-13(17)12-6-4-3-5-7-12/h3-7,13,17H,8-11H2,1-2H3. The molecule has 1 fully saturated rings. The highest BCUT2D eigenvalue weighted by Gasteiger charge is 2.30. The van der Waals surface area contributed by atoms with Gasteiger partial charge >= 0.3 is 0 Å². The zero-order chi connectivity index (χ0) is 13.9. The highest BCUT2D eigenvalue weighted by atomic mass is 32.2. The number of carbonyl (C=O) groups excluding carboxylic acids is 1. The van der Waals surface area contributed by atoms with E-state index in [1.807, 2.05) is 47.0 Å². The summed E-state index contributed by atoms with van der Waals surface area (Å²) in [5.74, 6) is 1.02. The summed E-state index contributed by atoms with van der Waals surface area (Å²) in [6.07, 6.45) is -0.531. The first-order valence-electron chi connectivity index (χ1n) is 6.63. The molecule has 2 rings (SSSR count). The third-order valence-corrected chi connectivity index (χ3v) is 4.63. The molecule has 1 aromatic rings. The SMILES string of the molecule is CC1(C)CN(C(=O)CC(O)c2ccccc2)CCS1. The van der Waals surface area contributed by atoms with Crippen molar-refractivity contribution in [1.29, 1.82) is 0 Å². The molecule has 0 spiro atoms. The lowest BCUT2D eigenvalue weighted by atomic mass is 10.1. The van der Waals surface area contributed by atoms with E-state index in [1.54, 1.807) is 0 Å². The van der Waals surface area contributed by atoms with Crippen molar-refractivity contribution in [3.05, 3.63) is 35.9 Å². The Morgan fingerprint density at radius 2 is 2.11 bits per heavy atom. The van der Waals surface area contributed by atoms with Gasteiger partial charge in [-0.25, -0.2) is 0 Å². The predicted molar refractivity (Wildman–Crippen MR) is 79.1 cm³/mol. The Morgan fingerprint density at radius 3 is 2.74 bits per heavy atom. The summed E-state index contributed by atoms with van der Waals surface area (Å²) >= 11 is 1.90. The normalized spacial score (nSPS) is 20.1. The van der Waals surface area contributed by atoms with Crippen LogP contribution < -0.4 is 0 Å². The molecule has 1 heterocycles. The number of hydrogen-bond acceptors (Lipinski definition) is 3. The number of benzene rings is 1. The van der Waals surface area contributed by atoms with Crippen LogP contribution in [0.3, 0.4) is 0 Å². The van der Waals surface area contributed by atoms with E-state index in [2.05, 4.69) is 13.8 Å². The number of aliphatic hydroxyl groups excluding tert-OH is 1. The summed E-state index contributed by atoms with van der Waals surface area (Å²) in [6.45, 7) is 5.86. The van der Waals surface area contributed by atoms with Gasteiger partial charge < -0.3 is 10.0 Å². The van der Waals surface area contributed by atoms with Crippen molar-refractivity contribution >= 4 is 17.7 Å². The van der Waals surface area contributed by atoms with Gasteiger partial charge in [-0.1, -0.05) is 30.3 Å². The minimum absolute atomic E-state index is 0.0460. The van der Waals surface area contributed by atoms with E-state index in [9.17, 15) is 9.90 Å². The molecule has 1 saturated heterocycles. The zero-order valence-corrected chi connectivity index (χ0v) is 12.3. The quantitative estimate of drug-likeness (QED) is 0.924. The van der Waals surface area contributed by atoms with Crippen molar-refractivity contribution in [2.24, 2.45) is 0 Å². The lowest BCUT2D eigenvalue weighted by molar-refractivity contribution is -0.133. The molecule has 1 N–H and O–H groups in total. The average molecular weight is 279 g/mol. The van der Waals surface area contributed by atoms with Gasteiger partial charge in [-0.15, -0.1) is 0 Å². The first kappa shape index (κ1) is 14.4. The Balaban J connectivity index is 1.94. The molecule has 1 aromatic carbocycles. The number of hydrogen-bond donors (Lipinski definition) is 1. The smallest absolute Gasteiger partial charge is 0.225 e. The fourth-order valence-corrected chi connectivity index (χ4v) is 3.43. The Bertz CT molecular complexity index is 433. The van der Waals surface area contributed by atoms with E-state index in [4.69, 9.17) is 0 Å². The van der Waals surface area contributed by atoms with E-state index < -0.39 is 6.10 Å². The minimum atomic E-state index is -0.702. The molecule has 1 aliphatic rings. The molecule has 0 saturated carbocycles. The molecule has 0 aromatic heterocycles. The van der Waals surface area contributed by atoms with Gasteiger partial charge in [0.2, 0.25) is 5.91 Å². The van der Waals surface area contributed by atoms with Crippen molar-refractivity contribution in [2.45, 2.75) is 31.1 Å². The Hall–Kier alpha value is -1.00. The second-order valence-corrected chi connectivity index (χ2v) is 7.36. The van der Waals surface area contributed by atoms with E-state index >= 15 is 0 Å². The maximum absolute atomic E-state index is 12.2. The van der Waals surface area contributed by atoms with Crippen LogP contribution in [0.5, 0.6) is 0 Å². The summed E-state index contributed by atoms with van der Waals surface area (Å²) in [5, 5.41) is 10.1. The summed E-state index contributed by atoms with van der Waals surface area (Å²) in [6, 6.07) is 9.37. The summed E-state index contributed by atoms with van der Waals surface area (Å²) in [5.41, 5.74) is 0.807. The van der Waals surface area contributed by atoms with Gasteiger partial charge in [0.05, 0.1) is 12.5 Å². The minimum Gasteiger partial charge on any atom is -0.388 e. The first-order chi connectivity index (χ1) is 8.98. The van der Waals surface area contributed by atoms with Crippen LogP contribution in [0.15, 0.2) is 30.3 Å². The predicted octanol–water partition coefficient (Wildman–Crippen LogP) is 2.46. The Kier molecular flexibility index (Phi) is 4.53. The topological polar surface area (TPSA) is 40.5 Å². The van der Waals surface area contributed by atoms with Crippen molar-refractivity contribution in [2.75, 3.05) is 18.8 Å². The molecule has 1 amide bonds. The Labute approximate surface area is 119 Å². The molecule has 0 bridgehead atoms. The molecule has 104 valence electrons. The molecule has 0 aliphatic carbocycles. The van der Waals surface area contributed by atoms with Crippen LogP contribution in [-0.2, 0) is 4.79 Å². The lowest BCUT2D eigenvalue weighted by Gasteiger charge is -2.37. The summed E-state index contributed by atoms with van der Waals surface area (Å²) in [4.78, 5) is 14.1. The second kappa shape index (κ2) is 5.97. The van der Waals surface area contributed by atoms with Gasteiger partial charge in [0.1, 0.15) is 0 Å². The maximum Gasteiger partial charge on any atom is 0.225 e. The molecule has 0 radical (unpaired) electrons. The maximum atomic E-state index is 12.2. The van der Waals surface area contributed by atoms with E-state index in [-0.39, 0.29) is 17.1 Å². The highest BCUT2D eigenvalue weighted by molar-refractivity contribution is 8.00. The van der Waals surface area contributed by atoms with E-state index in [0.29, 0.717) is 0 Å². The van der Waals surface area contributed by atoms with Crippen LogP contribution in [0.2, 0.25) is 0 Å². The van der Waals surface area contributed by atoms with Crippen LogP contribution in [0.25, 0.3) is 0 Å². The molecule has 1 aliphatic heterocycles. The zero-order valence-electron chi connectivity index (χ0n) is 11.5. The molecule has 3 nitrogen and oxygen atoms in total. The molecule has 1 unspecified atom stereocenters. The third kappa shape index (κ3) is 3.98. The number of amides is 1. The van der Waals surface area contributed by atoms with Crippen LogP contribution in [0, 0.1) is 0 Å². The van der Waals surface area contributed by atoms with E-state index in [1.165, 1.54) is 0 Å². The number of carbonyl (C=O) groups is 1. The van der Waals surface area contributed by atoms with Crippen LogP contribution >= 0.6 is 11.8 Å². The van der Waals surface area contributed by atoms with Crippen molar-refractivity contribution < 1.29 is 9.90 Å². The third-order valence-electron chi connectivity index (χ3n) is 3.33. The lowest BCUT2D eigenvalue weighted by Crippen LogP contribution is -2.46. The fourth-order valence-electron chi connectivity index (χ4n) is 2.32. The molecular formula is C15H21NO2S. The number of aliphatic hydroxyl groups is 1. The van der Waals surface area contributed by atoms with Gasteiger partial charge in [-0.2, -0.15) is 11.8 Å². The van der Waals surface area contributed by atoms with Gasteiger partial charge in [0.25, 0.3) is 0 Å². The van der Waals surface area contributed by atoms with Gasteiger partial charge in [0, 0.05) is 23.6 Å². The monoisotopic (exact) mass is 279 g/mol. The molecule has 1 atom stereocenters. The van der Waals surface area contributed by atoms with Crippen LogP contribution in [-0.4, -0.2) is 39.5 Å². The van der Waals surface area contributed by atoms with Gasteiger partial charge in [-0.05, 0) is 19.4 Å². The highest BCUT2D eigenvalue weighted by Crippen LogP contribution is 2.30. The molecule has 19 heavy (non-hydrogen) atoms. The van der Waals surface area contributed by atoms with Gasteiger partial charge in [-0.3, -0.25) is 4.79 Å². The number of nitrogens with zero attached hydrogens (tertiary/aromatic N) is 1. The fraction of sp³-hybridized carbons (Fsp3) is 0.533. The number of thioether (sulfide) groups is 1. The Morgan fingerprint density at radius 1 is 1.42 bits per heavy atom. The van der Waals surface area contributed by atoms with Crippen LogP contribution in [0.4, 0.5) is 0 Å². The second-order valence-electron chi connectivity index (χ2n) is 5.55. The largest absolute Gasteiger partial charge is 0.388 e. The molecule has 4 heteroatoms. The van der Waals surface area contributed by atoms with Crippen LogP contribution in [0.1, 0.15) is 31.9 Å². The average Bonchev–Trinajstić information content (AvgIpc) is 2.38. The van der Waals surface area contributed by atoms with Crippen molar-refractivity contribution in [3.63, 3.8) is 0 Å². The van der Waals surface area contributed by atoms with Crippen molar-refractivity contribution in [3.8, 4) is 0 Å².